The second kappa shape index (κ2) is 63.9. The van der Waals surface area contributed by atoms with E-state index in [0.717, 1.165) is 44.9 Å². The molecule has 0 aromatic carbocycles. The molecule has 3 unspecified atom stereocenters. The number of unbranched alkanes of at least 4 members (excludes halogenated alkanes) is 48. The van der Waals surface area contributed by atoms with Crippen molar-refractivity contribution in [3.8, 4) is 0 Å². The summed E-state index contributed by atoms with van der Waals surface area (Å²) in [4.78, 5) is 23.4. The predicted octanol–water partition coefficient (Wildman–Crippen LogP) is 23.0. The van der Waals surface area contributed by atoms with Crippen molar-refractivity contribution in [1.82, 2.24) is 5.32 Å². The molecule has 0 aromatic rings. The number of rotatable bonds is 67. The molecule has 0 fully saturated rings. The fourth-order valence-corrected chi connectivity index (χ4v) is 11.7. The molecule has 0 aromatic heterocycles. The topological polar surface area (TPSA) is 105 Å². The van der Waals surface area contributed by atoms with Gasteiger partial charge >= 0.3 is 7.82 Å². The van der Waals surface area contributed by atoms with E-state index in [2.05, 4.69) is 55.6 Å². The van der Waals surface area contributed by atoms with Gasteiger partial charge in [0.15, 0.2) is 0 Å². The summed E-state index contributed by atoms with van der Waals surface area (Å²) in [5, 5.41) is 14.0. The van der Waals surface area contributed by atoms with Crippen molar-refractivity contribution >= 4 is 13.7 Å². The van der Waals surface area contributed by atoms with Gasteiger partial charge in [0, 0.05) is 6.42 Å². The number of amides is 1. The largest absolute Gasteiger partial charge is 0.472 e. The third-order valence-corrected chi connectivity index (χ3v) is 17.5. The monoisotopic (exact) mass is 1170 g/mol. The van der Waals surface area contributed by atoms with Crippen LogP contribution in [-0.2, 0) is 18.4 Å². The molecule has 0 aliphatic carbocycles. The molecule has 3 atom stereocenters. The molecule has 1 amide bonds. The Morgan fingerprint density at radius 3 is 1.05 bits per heavy atom. The Kier molecular flexibility index (Phi) is 62.7. The van der Waals surface area contributed by atoms with Gasteiger partial charge in [-0.05, 0) is 64.2 Å². The molecule has 0 rings (SSSR count). The lowest BCUT2D eigenvalue weighted by Gasteiger charge is -2.25. The van der Waals surface area contributed by atoms with Gasteiger partial charge in [0.25, 0.3) is 0 Å². The molecular formula is C73H142N2O6P+. The van der Waals surface area contributed by atoms with Crippen molar-refractivity contribution in [3.05, 3.63) is 48.6 Å². The lowest BCUT2D eigenvalue weighted by molar-refractivity contribution is -0.870. The number of quaternary nitrogens is 1. The lowest BCUT2D eigenvalue weighted by Crippen LogP contribution is -2.45. The van der Waals surface area contributed by atoms with Crippen LogP contribution in [0, 0.1) is 0 Å². The van der Waals surface area contributed by atoms with E-state index < -0.39 is 20.0 Å². The van der Waals surface area contributed by atoms with Gasteiger partial charge in [-0.15, -0.1) is 0 Å². The van der Waals surface area contributed by atoms with Gasteiger partial charge in [0.1, 0.15) is 13.2 Å². The number of nitrogens with one attached hydrogen (secondary N) is 1. The van der Waals surface area contributed by atoms with E-state index in [-0.39, 0.29) is 19.1 Å². The molecule has 484 valence electrons. The third kappa shape index (κ3) is 66.0. The Hall–Kier alpha value is -1.54. The van der Waals surface area contributed by atoms with Gasteiger partial charge in [-0.25, -0.2) is 4.57 Å². The molecule has 0 spiro atoms. The van der Waals surface area contributed by atoms with E-state index in [0.29, 0.717) is 17.4 Å². The average molecular weight is 1170 g/mol. The van der Waals surface area contributed by atoms with E-state index in [9.17, 15) is 19.4 Å². The Morgan fingerprint density at radius 2 is 0.707 bits per heavy atom. The number of aliphatic hydroxyl groups is 1. The highest BCUT2D eigenvalue weighted by Gasteiger charge is 2.28. The standard InChI is InChI=1S/C73H141N2O6P/c1-6-8-10-12-14-16-18-20-22-24-26-28-30-32-34-36-37-39-40-42-44-46-48-50-52-54-56-58-60-62-64-66-72(76)71(70-81-82(78,79)80-69-68-75(3,4)5)74-73(77)67-65-63-61-59-57-55-53-51-49-47-45-43-41-38-35-33-31-29-27-25-23-21-19-17-15-13-11-9-7-2/h19,21,25,27,56,58,64,66,71-72,76H,6-18,20,22-24,26,28-55,57,59-63,65,67-70H2,1-5H3,(H-,74,77,78,79)/p+1/b21-19-,27-25-,58-56+,66-64+. The minimum atomic E-state index is -4.36. The molecule has 82 heavy (non-hydrogen) atoms. The third-order valence-electron chi connectivity index (χ3n) is 16.5. The summed E-state index contributed by atoms with van der Waals surface area (Å²) in [6, 6.07) is -0.865. The Balaban J connectivity index is 4.07. The van der Waals surface area contributed by atoms with Crippen LogP contribution in [0.3, 0.4) is 0 Å². The number of hydrogen-bond donors (Lipinski definition) is 3. The van der Waals surface area contributed by atoms with Crippen LogP contribution in [0.1, 0.15) is 361 Å². The molecule has 0 saturated carbocycles. The van der Waals surface area contributed by atoms with Crippen LogP contribution in [0.2, 0.25) is 0 Å². The highest BCUT2D eigenvalue weighted by Crippen LogP contribution is 2.43. The van der Waals surface area contributed by atoms with Gasteiger partial charge in [-0.3, -0.25) is 13.8 Å². The van der Waals surface area contributed by atoms with Crippen molar-refractivity contribution in [2.24, 2.45) is 0 Å². The first-order chi connectivity index (χ1) is 40.0. The van der Waals surface area contributed by atoms with Crippen molar-refractivity contribution in [2.75, 3.05) is 40.9 Å². The van der Waals surface area contributed by atoms with E-state index in [1.54, 1.807) is 6.08 Å². The van der Waals surface area contributed by atoms with E-state index in [1.165, 1.54) is 295 Å². The number of carbonyl (C=O) groups is 1. The SMILES string of the molecule is CCCCCCC/C=C\C/C=C\CCCCCCCCCCCCCCCCCCCC(=O)NC(COP(=O)(O)OCC[N+](C)(C)C)C(O)/C=C/CC/C=C/CCCCCCCCCCCCCCCCCCCCCCCCCCC. The van der Waals surface area contributed by atoms with Crippen LogP contribution < -0.4 is 5.32 Å². The smallest absolute Gasteiger partial charge is 0.387 e. The molecule has 9 heteroatoms. The number of likely N-dealkylation sites (N-methyl/N-ethyl adjacent to an activating group) is 1. The number of carbonyl (C=O) groups excluding carboxylic acids is 1. The number of nitrogens with zero attached hydrogens (tertiary/aromatic N) is 1. The quantitative estimate of drug-likeness (QED) is 0.0243. The molecule has 0 saturated heterocycles. The number of hydrogen-bond acceptors (Lipinski definition) is 5. The van der Waals surface area contributed by atoms with Crippen LogP contribution in [0.15, 0.2) is 48.6 Å². The number of phosphoric acid groups is 1. The highest BCUT2D eigenvalue weighted by atomic mass is 31.2. The normalized spacial score (nSPS) is 13.9. The predicted molar refractivity (Wildman–Crippen MR) is 360 cm³/mol. The van der Waals surface area contributed by atoms with E-state index in [4.69, 9.17) is 9.05 Å². The highest BCUT2D eigenvalue weighted by molar-refractivity contribution is 7.47. The van der Waals surface area contributed by atoms with Crippen molar-refractivity contribution in [2.45, 2.75) is 373 Å². The first-order valence-corrected chi connectivity index (χ1v) is 37.5. The number of allylic oxidation sites excluding steroid dienone is 7. The zero-order chi connectivity index (χ0) is 59.8. The molecule has 0 heterocycles. The van der Waals surface area contributed by atoms with Crippen molar-refractivity contribution < 1.29 is 32.9 Å². The van der Waals surface area contributed by atoms with Crippen molar-refractivity contribution in [3.63, 3.8) is 0 Å². The maximum atomic E-state index is 13.1. The van der Waals surface area contributed by atoms with E-state index in [1.807, 2.05) is 27.2 Å². The van der Waals surface area contributed by atoms with Gasteiger partial charge < -0.3 is 19.8 Å². The second-order valence-corrected chi connectivity index (χ2v) is 27.4. The molecule has 8 nitrogen and oxygen atoms in total. The fraction of sp³-hybridized carbons (Fsp3) is 0.877. The molecule has 0 radical (unpaired) electrons. The Bertz CT molecular complexity index is 1480. The average Bonchev–Trinajstić information content (AvgIpc) is 3.47. The Labute approximate surface area is 511 Å². The summed E-state index contributed by atoms with van der Waals surface area (Å²) in [7, 11) is 1.57. The van der Waals surface area contributed by atoms with Gasteiger partial charge in [-0.1, -0.05) is 339 Å². The minimum Gasteiger partial charge on any atom is -0.387 e. The summed E-state index contributed by atoms with van der Waals surface area (Å²) in [5.74, 6) is -0.181. The van der Waals surface area contributed by atoms with Crippen LogP contribution in [-0.4, -0.2) is 73.4 Å². The maximum Gasteiger partial charge on any atom is 0.472 e. The van der Waals surface area contributed by atoms with Gasteiger partial charge in [-0.2, -0.15) is 0 Å². The van der Waals surface area contributed by atoms with Crippen LogP contribution in [0.25, 0.3) is 0 Å². The molecule has 0 bridgehead atoms. The van der Waals surface area contributed by atoms with E-state index >= 15 is 0 Å². The number of phosphoric ester groups is 1. The zero-order valence-corrected chi connectivity index (χ0v) is 56.4. The molecule has 3 N–H and O–H groups in total. The minimum absolute atomic E-state index is 0.0569. The summed E-state index contributed by atoms with van der Waals surface area (Å²) in [6.45, 7) is 4.84. The Morgan fingerprint density at radius 1 is 0.415 bits per heavy atom. The molecule has 0 aliphatic rings. The summed E-state index contributed by atoms with van der Waals surface area (Å²) < 4.78 is 23.8. The summed E-state index contributed by atoms with van der Waals surface area (Å²) >= 11 is 0. The van der Waals surface area contributed by atoms with Crippen LogP contribution in [0.4, 0.5) is 0 Å². The number of aliphatic hydroxyl groups excluding tert-OH is 1. The van der Waals surface area contributed by atoms with Crippen LogP contribution in [0.5, 0.6) is 0 Å². The molecular weight excluding hydrogens is 1030 g/mol. The fourth-order valence-electron chi connectivity index (χ4n) is 10.9. The second-order valence-electron chi connectivity index (χ2n) is 26.0. The first kappa shape index (κ1) is 80.5. The zero-order valence-electron chi connectivity index (χ0n) is 55.5. The summed E-state index contributed by atoms with van der Waals surface area (Å²) in [5.41, 5.74) is 0. The molecule has 0 aliphatic heterocycles. The first-order valence-electron chi connectivity index (χ1n) is 36.0. The van der Waals surface area contributed by atoms with Crippen molar-refractivity contribution in [1.29, 1.82) is 0 Å². The van der Waals surface area contributed by atoms with Crippen LogP contribution >= 0.6 is 7.82 Å². The van der Waals surface area contributed by atoms with Gasteiger partial charge in [0.05, 0.1) is 39.9 Å². The van der Waals surface area contributed by atoms with Gasteiger partial charge in [0.2, 0.25) is 5.91 Å². The summed E-state index contributed by atoms with van der Waals surface area (Å²) in [6.07, 6.45) is 87.0. The maximum absolute atomic E-state index is 13.1. The lowest BCUT2D eigenvalue weighted by atomic mass is 10.0.